The lowest BCUT2D eigenvalue weighted by Crippen LogP contribution is -2.28. The lowest BCUT2D eigenvalue weighted by atomic mass is 10.0. The van der Waals surface area contributed by atoms with E-state index in [0.717, 1.165) is 11.1 Å². The summed E-state index contributed by atoms with van der Waals surface area (Å²) in [6, 6.07) is 12.6. The van der Waals surface area contributed by atoms with Crippen LogP contribution in [-0.4, -0.2) is 22.0 Å². The predicted octanol–water partition coefficient (Wildman–Crippen LogP) is 1.95. The molecule has 0 aliphatic heterocycles. The van der Waals surface area contributed by atoms with Gasteiger partial charge in [-0.2, -0.15) is 0 Å². The minimum Gasteiger partial charge on any atom is -0.369 e. The molecular formula is C17H17FN4O. The Kier molecular flexibility index (Phi) is 4.08. The molecule has 1 amide bonds. The zero-order chi connectivity index (χ0) is 16.4. The first-order valence-electron chi connectivity index (χ1n) is 7.25. The van der Waals surface area contributed by atoms with Gasteiger partial charge in [0, 0.05) is 18.7 Å². The molecule has 3 N–H and O–H groups in total. The third-order valence-electron chi connectivity index (χ3n) is 3.73. The molecule has 0 aliphatic rings. The van der Waals surface area contributed by atoms with Crippen molar-refractivity contribution in [2.45, 2.75) is 6.54 Å². The van der Waals surface area contributed by atoms with Gasteiger partial charge in [0.15, 0.2) is 0 Å². The van der Waals surface area contributed by atoms with Gasteiger partial charge in [0.1, 0.15) is 11.6 Å². The maximum atomic E-state index is 14.4. The smallest absolute Gasteiger partial charge is 0.231 e. The molecule has 0 spiro atoms. The number of benzene rings is 2. The largest absolute Gasteiger partial charge is 0.369 e. The van der Waals surface area contributed by atoms with Crippen molar-refractivity contribution >= 4 is 16.9 Å². The average Bonchev–Trinajstić information content (AvgIpc) is 2.83. The fraction of sp³-hybridized carbons (Fsp3) is 0.176. The number of primary amides is 1. The number of amides is 1. The molecule has 0 saturated carbocycles. The Morgan fingerprint density at radius 3 is 2.74 bits per heavy atom. The number of rotatable bonds is 5. The van der Waals surface area contributed by atoms with E-state index in [1.54, 1.807) is 6.07 Å². The summed E-state index contributed by atoms with van der Waals surface area (Å²) < 4.78 is 16.3. The molecule has 6 heteroatoms. The Balaban J connectivity index is 1.99. The topological polar surface area (TPSA) is 72.9 Å². The van der Waals surface area contributed by atoms with Crippen molar-refractivity contribution in [1.29, 1.82) is 0 Å². The molecule has 3 aromatic rings. The number of nitrogens with zero attached hydrogens (tertiary/aromatic N) is 2. The van der Waals surface area contributed by atoms with Crippen molar-refractivity contribution < 1.29 is 9.18 Å². The lowest BCUT2D eigenvalue weighted by molar-refractivity contribution is -0.117. The number of nitrogens with two attached hydrogens (primary N) is 1. The third kappa shape index (κ3) is 3.07. The van der Waals surface area contributed by atoms with E-state index in [1.165, 1.54) is 6.07 Å². The summed E-state index contributed by atoms with van der Waals surface area (Å²) in [6.07, 6.45) is 0. The van der Waals surface area contributed by atoms with Crippen LogP contribution in [0.2, 0.25) is 0 Å². The van der Waals surface area contributed by atoms with Crippen LogP contribution in [0.5, 0.6) is 0 Å². The number of carbonyl (C=O) groups excluding carboxylic acids is 1. The SMILES string of the molecule is Cn1c(CNCC(N)=O)nc2cc(F)c(-c3ccccc3)cc21. The lowest BCUT2D eigenvalue weighted by Gasteiger charge is -2.06. The normalized spacial score (nSPS) is 11.0. The fourth-order valence-corrected chi connectivity index (χ4v) is 2.56. The summed E-state index contributed by atoms with van der Waals surface area (Å²) in [6.45, 7) is 0.462. The van der Waals surface area contributed by atoms with Gasteiger partial charge in [-0.15, -0.1) is 0 Å². The summed E-state index contributed by atoms with van der Waals surface area (Å²) in [5, 5.41) is 2.91. The second-order valence-corrected chi connectivity index (χ2v) is 5.34. The van der Waals surface area contributed by atoms with E-state index in [0.29, 0.717) is 23.4 Å². The number of aromatic nitrogens is 2. The van der Waals surface area contributed by atoms with Crippen LogP contribution in [0.25, 0.3) is 22.2 Å². The maximum Gasteiger partial charge on any atom is 0.231 e. The van der Waals surface area contributed by atoms with Gasteiger partial charge >= 0.3 is 0 Å². The summed E-state index contributed by atoms with van der Waals surface area (Å²) in [5.41, 5.74) is 7.87. The Morgan fingerprint density at radius 2 is 2.04 bits per heavy atom. The number of nitrogens with one attached hydrogen (secondary N) is 1. The molecule has 5 nitrogen and oxygen atoms in total. The van der Waals surface area contributed by atoms with Crippen LogP contribution < -0.4 is 11.1 Å². The van der Waals surface area contributed by atoms with Crippen molar-refractivity contribution in [3.8, 4) is 11.1 Å². The minimum atomic E-state index is -0.429. The number of carbonyl (C=O) groups is 1. The molecule has 23 heavy (non-hydrogen) atoms. The Morgan fingerprint density at radius 1 is 1.30 bits per heavy atom. The third-order valence-corrected chi connectivity index (χ3v) is 3.73. The number of hydrogen-bond acceptors (Lipinski definition) is 3. The van der Waals surface area contributed by atoms with Gasteiger partial charge in [0.05, 0.1) is 24.1 Å². The highest BCUT2D eigenvalue weighted by Crippen LogP contribution is 2.27. The molecular weight excluding hydrogens is 295 g/mol. The first-order chi connectivity index (χ1) is 11.1. The zero-order valence-corrected chi connectivity index (χ0v) is 12.7. The predicted molar refractivity (Wildman–Crippen MR) is 87.0 cm³/mol. The summed E-state index contributed by atoms with van der Waals surface area (Å²) in [5.74, 6) is -0.0227. The molecule has 1 aromatic heterocycles. The molecule has 3 rings (SSSR count). The van der Waals surface area contributed by atoms with Crippen LogP contribution in [0, 0.1) is 5.82 Å². The molecule has 0 radical (unpaired) electrons. The highest BCUT2D eigenvalue weighted by atomic mass is 19.1. The number of fused-ring (bicyclic) bond motifs is 1. The summed E-state index contributed by atoms with van der Waals surface area (Å²) >= 11 is 0. The van der Waals surface area contributed by atoms with E-state index in [-0.39, 0.29) is 12.4 Å². The number of halogens is 1. The molecule has 0 atom stereocenters. The Bertz CT molecular complexity index is 858. The van der Waals surface area contributed by atoms with Gasteiger partial charge in [-0.25, -0.2) is 9.37 Å². The van der Waals surface area contributed by atoms with E-state index in [4.69, 9.17) is 5.73 Å². The van der Waals surface area contributed by atoms with Crippen LogP contribution in [0.4, 0.5) is 4.39 Å². The number of aryl methyl sites for hydroxylation is 1. The van der Waals surface area contributed by atoms with Crippen LogP contribution in [0.1, 0.15) is 5.82 Å². The molecule has 0 unspecified atom stereocenters. The molecule has 0 saturated heterocycles. The first-order valence-corrected chi connectivity index (χ1v) is 7.25. The molecule has 1 heterocycles. The quantitative estimate of drug-likeness (QED) is 0.756. The van der Waals surface area contributed by atoms with Crippen molar-refractivity contribution in [3.05, 3.63) is 54.1 Å². The van der Waals surface area contributed by atoms with Crippen molar-refractivity contribution in [2.24, 2.45) is 12.8 Å². The van der Waals surface area contributed by atoms with Gasteiger partial charge in [0.25, 0.3) is 0 Å². The average molecular weight is 312 g/mol. The molecule has 0 bridgehead atoms. The second-order valence-electron chi connectivity index (χ2n) is 5.34. The van der Waals surface area contributed by atoms with E-state index in [1.807, 2.05) is 41.9 Å². The van der Waals surface area contributed by atoms with Gasteiger partial charge in [-0.1, -0.05) is 30.3 Å². The molecule has 0 aliphatic carbocycles. The maximum absolute atomic E-state index is 14.4. The van der Waals surface area contributed by atoms with Gasteiger partial charge < -0.3 is 15.6 Å². The van der Waals surface area contributed by atoms with Crippen molar-refractivity contribution in [1.82, 2.24) is 14.9 Å². The second kappa shape index (κ2) is 6.18. The number of hydrogen-bond donors (Lipinski definition) is 2. The Hall–Kier alpha value is -2.73. The minimum absolute atomic E-state index is 0.0762. The van der Waals surface area contributed by atoms with E-state index in [2.05, 4.69) is 10.3 Å². The van der Waals surface area contributed by atoms with E-state index < -0.39 is 5.91 Å². The monoisotopic (exact) mass is 312 g/mol. The highest BCUT2D eigenvalue weighted by molar-refractivity contribution is 5.83. The van der Waals surface area contributed by atoms with Gasteiger partial charge in [-0.3, -0.25) is 4.79 Å². The highest BCUT2D eigenvalue weighted by Gasteiger charge is 2.13. The van der Waals surface area contributed by atoms with Crippen LogP contribution >= 0.6 is 0 Å². The summed E-state index contributed by atoms with van der Waals surface area (Å²) in [7, 11) is 1.86. The standard InChI is InChI=1S/C17H17FN4O/c1-22-15-7-12(11-5-3-2-4-6-11)13(18)8-14(15)21-17(22)10-20-9-16(19)23/h2-8,20H,9-10H2,1H3,(H2,19,23). The van der Waals surface area contributed by atoms with Gasteiger partial charge in [0.2, 0.25) is 5.91 Å². The zero-order valence-electron chi connectivity index (χ0n) is 12.7. The van der Waals surface area contributed by atoms with E-state index in [9.17, 15) is 9.18 Å². The van der Waals surface area contributed by atoms with Crippen LogP contribution in [-0.2, 0) is 18.4 Å². The number of imidazole rings is 1. The summed E-state index contributed by atoms with van der Waals surface area (Å²) in [4.78, 5) is 15.2. The van der Waals surface area contributed by atoms with Crippen molar-refractivity contribution in [3.63, 3.8) is 0 Å². The fourth-order valence-electron chi connectivity index (χ4n) is 2.56. The van der Waals surface area contributed by atoms with E-state index >= 15 is 0 Å². The van der Waals surface area contributed by atoms with Crippen LogP contribution in [0.15, 0.2) is 42.5 Å². The Labute approximate surface area is 132 Å². The molecule has 118 valence electrons. The molecule has 0 fully saturated rings. The van der Waals surface area contributed by atoms with Crippen LogP contribution in [0.3, 0.4) is 0 Å². The van der Waals surface area contributed by atoms with Gasteiger partial charge in [-0.05, 0) is 11.6 Å². The first kappa shape index (κ1) is 15.2. The molecule has 2 aromatic carbocycles. The van der Waals surface area contributed by atoms with Crippen molar-refractivity contribution in [2.75, 3.05) is 6.54 Å².